The quantitative estimate of drug-likeness (QED) is 0.837. The van der Waals surface area contributed by atoms with Gasteiger partial charge in [0, 0.05) is 6.61 Å². The number of nitrogens with zero attached hydrogens (tertiary/aromatic N) is 1. The van der Waals surface area contributed by atoms with Gasteiger partial charge >= 0.3 is 5.97 Å². The Kier molecular flexibility index (Phi) is 4.33. The summed E-state index contributed by atoms with van der Waals surface area (Å²) in [5.74, 6) is -0.317. The molecule has 1 aromatic rings. The third kappa shape index (κ3) is 3.41. The highest BCUT2D eigenvalue weighted by molar-refractivity contribution is 7.17. The molecule has 1 aromatic heterocycles. The van der Waals surface area contributed by atoms with Crippen LogP contribution in [0.4, 0.5) is 5.13 Å². The molecule has 0 radical (unpaired) electrons. The maximum Gasteiger partial charge on any atom is 0.350 e. The van der Waals surface area contributed by atoms with Gasteiger partial charge < -0.3 is 14.8 Å². The highest BCUT2D eigenvalue weighted by atomic mass is 32.1. The molecular formula is C11H16N2O3S. The molecular weight excluding hydrogens is 240 g/mol. The first-order chi connectivity index (χ1) is 8.29. The summed E-state index contributed by atoms with van der Waals surface area (Å²) in [6.07, 6.45) is 4.81. The second-order valence-electron chi connectivity index (χ2n) is 3.75. The maximum absolute atomic E-state index is 11.4. The van der Waals surface area contributed by atoms with Gasteiger partial charge in [-0.25, -0.2) is 9.78 Å². The average Bonchev–Trinajstić information content (AvgIpc) is 2.79. The Hall–Kier alpha value is -1.14. The van der Waals surface area contributed by atoms with Gasteiger partial charge in [0.25, 0.3) is 0 Å². The van der Waals surface area contributed by atoms with Crippen molar-refractivity contribution in [3.05, 3.63) is 11.1 Å². The van der Waals surface area contributed by atoms with Gasteiger partial charge in [-0.2, -0.15) is 0 Å². The van der Waals surface area contributed by atoms with Crippen LogP contribution >= 0.6 is 11.3 Å². The van der Waals surface area contributed by atoms with E-state index in [1.807, 2.05) is 0 Å². The zero-order valence-electron chi connectivity index (χ0n) is 9.77. The van der Waals surface area contributed by atoms with E-state index < -0.39 is 0 Å². The van der Waals surface area contributed by atoms with Crippen LogP contribution in [0.3, 0.4) is 0 Å². The fourth-order valence-corrected chi connectivity index (χ4v) is 2.38. The van der Waals surface area contributed by atoms with Crippen molar-refractivity contribution in [2.75, 3.05) is 18.5 Å². The van der Waals surface area contributed by atoms with Gasteiger partial charge in [0.05, 0.1) is 12.8 Å². The Balaban J connectivity index is 1.91. The number of aromatic nitrogens is 1. The molecule has 1 aliphatic rings. The van der Waals surface area contributed by atoms with Gasteiger partial charge in [0.2, 0.25) is 0 Å². The standard InChI is InChI=1S/C11H16N2O3S/c1-2-15-10(14)8-7-12-11(17-8)13-9-5-3-4-6-16-9/h7,9H,2-6H2,1H3,(H,12,13). The number of ether oxygens (including phenoxy) is 2. The summed E-state index contributed by atoms with van der Waals surface area (Å²) < 4.78 is 10.4. The molecule has 1 unspecified atom stereocenters. The van der Waals surface area contributed by atoms with E-state index in [0.29, 0.717) is 16.6 Å². The Morgan fingerprint density at radius 2 is 2.59 bits per heavy atom. The predicted octanol–water partition coefficient (Wildman–Crippen LogP) is 2.26. The molecule has 0 bridgehead atoms. The van der Waals surface area contributed by atoms with Crippen molar-refractivity contribution in [2.24, 2.45) is 0 Å². The summed E-state index contributed by atoms with van der Waals surface area (Å²) >= 11 is 1.30. The lowest BCUT2D eigenvalue weighted by Gasteiger charge is -2.22. The van der Waals surface area contributed by atoms with Gasteiger partial charge in [0.1, 0.15) is 11.1 Å². The van der Waals surface area contributed by atoms with E-state index >= 15 is 0 Å². The van der Waals surface area contributed by atoms with Crippen LogP contribution in [-0.2, 0) is 9.47 Å². The summed E-state index contributed by atoms with van der Waals surface area (Å²) in [6.45, 7) is 2.95. The van der Waals surface area contributed by atoms with Gasteiger partial charge in [-0.15, -0.1) is 0 Å². The van der Waals surface area contributed by atoms with Crippen LogP contribution in [0, 0.1) is 0 Å². The number of carbonyl (C=O) groups is 1. The number of hydrogen-bond donors (Lipinski definition) is 1. The molecule has 0 spiro atoms. The number of anilines is 1. The lowest BCUT2D eigenvalue weighted by molar-refractivity contribution is 0.0343. The first kappa shape index (κ1) is 12.3. The SMILES string of the molecule is CCOC(=O)c1cnc(NC2CCCCO2)s1. The van der Waals surface area contributed by atoms with Crippen LogP contribution < -0.4 is 5.32 Å². The van der Waals surface area contributed by atoms with Crippen LogP contribution in [0.25, 0.3) is 0 Å². The van der Waals surface area contributed by atoms with Crippen LogP contribution in [0.15, 0.2) is 6.20 Å². The zero-order valence-corrected chi connectivity index (χ0v) is 10.6. The van der Waals surface area contributed by atoms with E-state index in [2.05, 4.69) is 10.3 Å². The van der Waals surface area contributed by atoms with E-state index in [0.717, 1.165) is 25.9 Å². The monoisotopic (exact) mass is 256 g/mol. The summed E-state index contributed by atoms with van der Waals surface area (Å²) in [5, 5.41) is 3.88. The van der Waals surface area contributed by atoms with E-state index in [-0.39, 0.29) is 12.2 Å². The molecule has 0 aliphatic carbocycles. The number of hydrogen-bond acceptors (Lipinski definition) is 6. The summed E-state index contributed by atoms with van der Waals surface area (Å²) in [6, 6.07) is 0. The minimum absolute atomic E-state index is 0.0185. The molecule has 94 valence electrons. The number of thiazole rings is 1. The topological polar surface area (TPSA) is 60.5 Å². The number of carbonyl (C=O) groups excluding carboxylic acids is 1. The highest BCUT2D eigenvalue weighted by Crippen LogP contribution is 2.22. The number of esters is 1. The van der Waals surface area contributed by atoms with Crippen LogP contribution in [0.5, 0.6) is 0 Å². The molecule has 5 nitrogen and oxygen atoms in total. The van der Waals surface area contributed by atoms with Gasteiger partial charge in [-0.3, -0.25) is 0 Å². The summed E-state index contributed by atoms with van der Waals surface area (Å²) in [7, 11) is 0. The molecule has 0 amide bonds. The molecule has 1 saturated heterocycles. The fourth-order valence-electron chi connectivity index (χ4n) is 1.63. The van der Waals surface area contributed by atoms with Crippen molar-refractivity contribution >= 4 is 22.4 Å². The van der Waals surface area contributed by atoms with Gasteiger partial charge in [-0.05, 0) is 26.2 Å². The first-order valence-corrected chi connectivity index (χ1v) is 6.62. The number of rotatable bonds is 4. The molecule has 1 atom stereocenters. The Morgan fingerprint density at radius 1 is 1.71 bits per heavy atom. The minimum atomic E-state index is -0.317. The molecule has 17 heavy (non-hydrogen) atoms. The van der Waals surface area contributed by atoms with Crippen LogP contribution in [0.2, 0.25) is 0 Å². The lowest BCUT2D eigenvalue weighted by atomic mass is 10.2. The number of nitrogens with one attached hydrogen (secondary N) is 1. The van der Waals surface area contributed by atoms with Crippen molar-refractivity contribution in [1.82, 2.24) is 4.98 Å². The second-order valence-corrected chi connectivity index (χ2v) is 4.78. The lowest BCUT2D eigenvalue weighted by Crippen LogP contribution is -2.26. The van der Waals surface area contributed by atoms with Crippen molar-refractivity contribution in [2.45, 2.75) is 32.4 Å². The Bertz CT molecular complexity index is 375. The molecule has 6 heteroatoms. The van der Waals surface area contributed by atoms with Crippen molar-refractivity contribution in [3.63, 3.8) is 0 Å². The molecule has 2 heterocycles. The smallest absolute Gasteiger partial charge is 0.350 e. The van der Waals surface area contributed by atoms with Gasteiger partial charge in [-0.1, -0.05) is 11.3 Å². The minimum Gasteiger partial charge on any atom is -0.462 e. The highest BCUT2D eigenvalue weighted by Gasteiger charge is 2.16. The van der Waals surface area contributed by atoms with Crippen molar-refractivity contribution in [3.8, 4) is 0 Å². The molecule has 0 aromatic carbocycles. The molecule has 1 aliphatic heterocycles. The van der Waals surface area contributed by atoms with Crippen molar-refractivity contribution in [1.29, 1.82) is 0 Å². The molecule has 0 saturated carbocycles. The molecule has 1 fully saturated rings. The van der Waals surface area contributed by atoms with Crippen molar-refractivity contribution < 1.29 is 14.3 Å². The molecule has 1 N–H and O–H groups in total. The second kappa shape index (κ2) is 5.97. The van der Waals surface area contributed by atoms with E-state index in [4.69, 9.17) is 9.47 Å². The van der Waals surface area contributed by atoms with Crippen LogP contribution in [-0.4, -0.2) is 30.4 Å². The third-order valence-electron chi connectivity index (χ3n) is 2.45. The van der Waals surface area contributed by atoms with E-state index in [9.17, 15) is 4.79 Å². The Morgan fingerprint density at radius 3 is 3.29 bits per heavy atom. The average molecular weight is 256 g/mol. The normalized spacial score (nSPS) is 19.9. The van der Waals surface area contributed by atoms with Crippen LogP contribution in [0.1, 0.15) is 35.9 Å². The summed E-state index contributed by atoms with van der Waals surface area (Å²) in [4.78, 5) is 16.1. The fraction of sp³-hybridized carbons (Fsp3) is 0.636. The maximum atomic E-state index is 11.4. The first-order valence-electron chi connectivity index (χ1n) is 5.80. The molecule has 2 rings (SSSR count). The largest absolute Gasteiger partial charge is 0.462 e. The zero-order chi connectivity index (χ0) is 12.1. The van der Waals surface area contributed by atoms with Gasteiger partial charge in [0.15, 0.2) is 5.13 Å². The van der Waals surface area contributed by atoms with E-state index in [1.54, 1.807) is 6.92 Å². The van der Waals surface area contributed by atoms with E-state index in [1.165, 1.54) is 17.5 Å². The Labute approximate surface area is 104 Å². The summed E-state index contributed by atoms with van der Waals surface area (Å²) in [5.41, 5.74) is 0. The third-order valence-corrected chi connectivity index (χ3v) is 3.36. The predicted molar refractivity (Wildman–Crippen MR) is 65.3 cm³/mol.